The zero-order valence-corrected chi connectivity index (χ0v) is 22.8. The van der Waals surface area contributed by atoms with Gasteiger partial charge in [-0.25, -0.2) is 9.97 Å². The number of nitrogens with two attached hydrogens (primary N) is 1. The molecule has 1 fully saturated rings. The van der Waals surface area contributed by atoms with Crippen molar-refractivity contribution in [1.29, 1.82) is 5.41 Å². The van der Waals surface area contributed by atoms with Crippen molar-refractivity contribution in [2.75, 3.05) is 18.1 Å². The molecule has 3 aromatic carbocycles. The number of nitrogens with one attached hydrogen (secondary N) is 3. The Kier molecular flexibility index (Phi) is 9.53. The van der Waals surface area contributed by atoms with Gasteiger partial charge in [-0.05, 0) is 54.8 Å². The molecule has 1 amide bonds. The SMILES string of the molecule is CC=NC.N=C(c1ccc(CNC(=O)c2cccc3ccccc23)cc1)c1c(N)ncnc1NC1CCC(O)C1. The molecule has 9 nitrogen and oxygen atoms in total. The van der Waals surface area contributed by atoms with Crippen LogP contribution in [0.25, 0.3) is 10.8 Å². The number of aliphatic hydroxyl groups is 1. The largest absolute Gasteiger partial charge is 0.393 e. The van der Waals surface area contributed by atoms with Crippen LogP contribution in [0.1, 0.15) is 53.2 Å². The highest BCUT2D eigenvalue weighted by Crippen LogP contribution is 2.27. The van der Waals surface area contributed by atoms with Crippen molar-refractivity contribution in [1.82, 2.24) is 15.3 Å². The maximum Gasteiger partial charge on any atom is 0.252 e. The van der Waals surface area contributed by atoms with Crippen LogP contribution in [0.3, 0.4) is 0 Å². The Balaban J connectivity index is 0.000000867. The quantitative estimate of drug-likeness (QED) is 0.218. The van der Waals surface area contributed by atoms with E-state index >= 15 is 0 Å². The van der Waals surface area contributed by atoms with E-state index in [2.05, 4.69) is 25.6 Å². The van der Waals surface area contributed by atoms with Gasteiger partial charge in [0.25, 0.3) is 5.91 Å². The number of carbonyl (C=O) groups excluding carboxylic acids is 1. The number of aromatic nitrogens is 2. The van der Waals surface area contributed by atoms with Crippen LogP contribution in [0.2, 0.25) is 0 Å². The van der Waals surface area contributed by atoms with E-state index in [1.165, 1.54) is 6.33 Å². The molecular weight excluding hydrogens is 502 g/mol. The average Bonchev–Trinajstić information content (AvgIpc) is 3.40. The van der Waals surface area contributed by atoms with Crippen molar-refractivity contribution in [3.63, 3.8) is 0 Å². The molecule has 0 saturated heterocycles. The van der Waals surface area contributed by atoms with E-state index in [4.69, 9.17) is 11.1 Å². The minimum absolute atomic E-state index is 0.0774. The summed E-state index contributed by atoms with van der Waals surface area (Å²) in [4.78, 5) is 24.8. The van der Waals surface area contributed by atoms with E-state index in [0.29, 0.717) is 35.5 Å². The second-order valence-electron chi connectivity index (χ2n) is 9.59. The molecule has 0 radical (unpaired) electrons. The number of nitrogen functional groups attached to an aromatic ring is 1. The fourth-order valence-electron chi connectivity index (χ4n) is 4.67. The summed E-state index contributed by atoms with van der Waals surface area (Å²) in [7, 11) is 1.75. The molecule has 206 valence electrons. The first-order valence-corrected chi connectivity index (χ1v) is 13.3. The van der Waals surface area contributed by atoms with Gasteiger partial charge < -0.3 is 26.5 Å². The molecule has 1 saturated carbocycles. The summed E-state index contributed by atoms with van der Waals surface area (Å²) < 4.78 is 0. The van der Waals surface area contributed by atoms with E-state index in [0.717, 1.165) is 29.2 Å². The first kappa shape index (κ1) is 28.4. The van der Waals surface area contributed by atoms with Crippen molar-refractivity contribution in [2.45, 2.75) is 44.9 Å². The van der Waals surface area contributed by atoms with Gasteiger partial charge in [0.05, 0.1) is 17.4 Å². The van der Waals surface area contributed by atoms with Gasteiger partial charge in [0.1, 0.15) is 18.0 Å². The van der Waals surface area contributed by atoms with Gasteiger partial charge in [0.2, 0.25) is 0 Å². The number of fused-ring (bicyclic) bond motifs is 1. The summed E-state index contributed by atoms with van der Waals surface area (Å²) >= 11 is 0. The highest BCUT2D eigenvalue weighted by Gasteiger charge is 2.25. The molecule has 9 heteroatoms. The summed E-state index contributed by atoms with van der Waals surface area (Å²) in [6.45, 7) is 2.25. The van der Waals surface area contributed by atoms with Crippen LogP contribution in [-0.2, 0) is 6.54 Å². The molecule has 6 N–H and O–H groups in total. The number of hydrogen-bond donors (Lipinski definition) is 5. The lowest BCUT2D eigenvalue weighted by atomic mass is 10.0. The molecule has 4 aromatic rings. The topological polar surface area (TPSA) is 149 Å². The molecule has 2 unspecified atom stereocenters. The normalized spacial score (nSPS) is 16.4. The molecule has 1 aliphatic carbocycles. The Labute approximate surface area is 234 Å². The van der Waals surface area contributed by atoms with Gasteiger partial charge in [-0.15, -0.1) is 0 Å². The first-order chi connectivity index (χ1) is 19.4. The molecule has 1 aliphatic rings. The number of anilines is 2. The third kappa shape index (κ3) is 6.86. The molecule has 0 aliphatic heterocycles. The van der Waals surface area contributed by atoms with Crippen molar-refractivity contribution < 1.29 is 9.90 Å². The van der Waals surface area contributed by atoms with Crippen LogP contribution in [-0.4, -0.2) is 52.1 Å². The number of amides is 1. The fraction of sp³-hybridized carbons (Fsp3) is 0.258. The smallest absolute Gasteiger partial charge is 0.252 e. The van der Waals surface area contributed by atoms with Gasteiger partial charge in [0, 0.05) is 30.8 Å². The van der Waals surface area contributed by atoms with Gasteiger partial charge in [-0.1, -0.05) is 60.7 Å². The van der Waals surface area contributed by atoms with Crippen molar-refractivity contribution >= 4 is 40.2 Å². The highest BCUT2D eigenvalue weighted by molar-refractivity contribution is 6.16. The molecule has 0 spiro atoms. The minimum Gasteiger partial charge on any atom is -0.393 e. The number of carbonyl (C=O) groups is 1. The molecule has 2 atom stereocenters. The zero-order valence-electron chi connectivity index (χ0n) is 22.8. The van der Waals surface area contributed by atoms with E-state index in [9.17, 15) is 9.90 Å². The van der Waals surface area contributed by atoms with Gasteiger partial charge in [-0.3, -0.25) is 10.2 Å². The van der Waals surface area contributed by atoms with E-state index in [1.807, 2.05) is 73.7 Å². The maximum absolute atomic E-state index is 12.8. The predicted molar refractivity (Wildman–Crippen MR) is 161 cm³/mol. The van der Waals surface area contributed by atoms with Crippen LogP contribution < -0.4 is 16.4 Å². The van der Waals surface area contributed by atoms with Gasteiger partial charge >= 0.3 is 0 Å². The van der Waals surface area contributed by atoms with Crippen LogP contribution in [0, 0.1) is 5.41 Å². The number of aliphatic imine (C=N–C) groups is 1. The predicted octanol–water partition coefficient (Wildman–Crippen LogP) is 4.59. The maximum atomic E-state index is 12.8. The minimum atomic E-state index is -0.321. The van der Waals surface area contributed by atoms with Crippen LogP contribution in [0.5, 0.6) is 0 Å². The second-order valence-corrected chi connectivity index (χ2v) is 9.59. The monoisotopic (exact) mass is 537 g/mol. The summed E-state index contributed by atoms with van der Waals surface area (Å²) in [5, 5.41) is 26.9. The molecule has 0 bridgehead atoms. The van der Waals surface area contributed by atoms with Crippen molar-refractivity contribution in [2.24, 2.45) is 4.99 Å². The molecule has 1 heterocycles. The zero-order chi connectivity index (χ0) is 28.5. The summed E-state index contributed by atoms with van der Waals surface area (Å²) in [6.07, 6.45) is 5.01. The Bertz CT molecular complexity index is 1490. The average molecular weight is 538 g/mol. The van der Waals surface area contributed by atoms with Crippen LogP contribution in [0.4, 0.5) is 11.6 Å². The Morgan fingerprint density at radius 3 is 2.52 bits per heavy atom. The van der Waals surface area contributed by atoms with Crippen LogP contribution >= 0.6 is 0 Å². The molecule has 1 aromatic heterocycles. The summed E-state index contributed by atoms with van der Waals surface area (Å²) in [5.41, 5.74) is 9.00. The first-order valence-electron chi connectivity index (χ1n) is 13.3. The third-order valence-electron chi connectivity index (χ3n) is 6.86. The molecule has 40 heavy (non-hydrogen) atoms. The van der Waals surface area contributed by atoms with Crippen LogP contribution in [0.15, 0.2) is 78.0 Å². The second kappa shape index (κ2) is 13.4. The Morgan fingerprint density at radius 1 is 1.10 bits per heavy atom. The van der Waals surface area contributed by atoms with Gasteiger partial charge in [-0.2, -0.15) is 0 Å². The van der Waals surface area contributed by atoms with Crippen molar-refractivity contribution in [3.05, 3.63) is 95.3 Å². The Hall–Kier alpha value is -4.63. The highest BCUT2D eigenvalue weighted by atomic mass is 16.3. The third-order valence-corrected chi connectivity index (χ3v) is 6.86. The lowest BCUT2D eigenvalue weighted by Crippen LogP contribution is -2.23. The van der Waals surface area contributed by atoms with E-state index in [1.54, 1.807) is 13.3 Å². The number of hydrogen-bond acceptors (Lipinski definition) is 8. The van der Waals surface area contributed by atoms with Crippen molar-refractivity contribution in [3.8, 4) is 0 Å². The number of nitrogens with zero attached hydrogens (tertiary/aromatic N) is 3. The number of aliphatic hydroxyl groups excluding tert-OH is 1. The lowest BCUT2D eigenvalue weighted by Gasteiger charge is -2.17. The number of benzene rings is 3. The Morgan fingerprint density at radius 2 is 1.82 bits per heavy atom. The summed E-state index contributed by atoms with van der Waals surface area (Å²) in [6, 6.07) is 21.0. The van der Waals surface area contributed by atoms with E-state index in [-0.39, 0.29) is 29.6 Å². The van der Waals surface area contributed by atoms with E-state index < -0.39 is 0 Å². The number of rotatable bonds is 7. The molecular formula is C31H35N7O2. The lowest BCUT2D eigenvalue weighted by molar-refractivity contribution is 0.0952. The fourth-order valence-corrected chi connectivity index (χ4v) is 4.67. The standard InChI is InChI=1S/C28H28N6O2.C3H7N/c29-25(24-26(30)32-16-33-27(24)34-20-12-13-21(35)14-20)19-10-8-17(9-11-19)15-31-28(36)23-7-3-5-18-4-1-2-6-22(18)23;1-3-4-2/h1-11,16,20-21,29,35H,12-15H2,(H,31,36)(H3,30,32,33,34);3H,1-2H3. The molecule has 5 rings (SSSR count). The summed E-state index contributed by atoms with van der Waals surface area (Å²) in [5.74, 6) is 0.589. The van der Waals surface area contributed by atoms with Gasteiger partial charge in [0.15, 0.2) is 0 Å².